The molecule has 11 atom stereocenters. The van der Waals surface area contributed by atoms with Gasteiger partial charge >= 0.3 is 5.97 Å². The Balaban J connectivity index is 0.000000634. The van der Waals surface area contributed by atoms with Gasteiger partial charge in [0.1, 0.15) is 0 Å². The molecule has 0 radical (unpaired) electrons. The Morgan fingerprint density at radius 1 is 1.00 bits per heavy atom. The SMILES string of the molecule is [CH2-][N+](CCO[C@H]1CC[C@@]2(C)C(=CCC3C2CC[C@@]2(C)C3CC[C@@H]2[C@H](C)CCCC(C)C)C1)(CC(=O)[O-])CC(=O)O.[NH-][C@@H]1CCCC[C@H]1[NH-].[Pt]. The fraction of sp³-hybridized carbons (Fsp3) is 0.875. The van der Waals surface area contributed by atoms with Crippen molar-refractivity contribution in [2.75, 3.05) is 26.2 Å². The predicted octanol–water partition coefficient (Wildman–Crippen LogP) is 8.26. The zero-order chi connectivity index (χ0) is 35.3. The van der Waals surface area contributed by atoms with E-state index in [0.717, 1.165) is 67.6 Å². The molecule has 286 valence electrons. The average molecular weight is 866 g/mol. The maximum atomic E-state index is 11.3. The topological polar surface area (TPSA) is 134 Å². The molecule has 0 spiro atoms. The van der Waals surface area contributed by atoms with E-state index in [0.29, 0.717) is 12.0 Å². The molecule has 5 aliphatic rings. The molecule has 0 bridgehead atoms. The molecule has 4 saturated carbocycles. The van der Waals surface area contributed by atoms with Crippen LogP contribution in [0.5, 0.6) is 0 Å². The summed E-state index contributed by atoms with van der Waals surface area (Å²) in [6, 6.07) is -0.160. The zero-order valence-electron chi connectivity index (χ0n) is 31.3. The van der Waals surface area contributed by atoms with Gasteiger partial charge in [-0.25, -0.2) is 4.79 Å². The molecule has 0 saturated heterocycles. The van der Waals surface area contributed by atoms with Crippen LogP contribution < -0.4 is 5.11 Å². The van der Waals surface area contributed by atoms with Gasteiger partial charge in [-0.15, -0.1) is 7.05 Å². The first-order chi connectivity index (χ1) is 22.6. The largest absolute Gasteiger partial charge is 0.676 e. The first kappa shape index (κ1) is 42.6. The molecule has 0 aliphatic heterocycles. The number of aliphatic carboxylic acids is 2. The predicted molar refractivity (Wildman–Crippen MR) is 190 cm³/mol. The van der Waals surface area contributed by atoms with Crippen molar-refractivity contribution >= 4 is 11.9 Å². The Hall–Kier alpha value is -0.792. The van der Waals surface area contributed by atoms with Gasteiger partial charge in [0.25, 0.3) is 0 Å². The van der Waals surface area contributed by atoms with E-state index >= 15 is 0 Å². The number of nitrogens with zero attached hydrogens (tertiary/aromatic N) is 1. The molecular formula is C40H68N3O5Pt-3. The number of hydrogen-bond acceptors (Lipinski definition) is 4. The summed E-state index contributed by atoms with van der Waals surface area (Å²) in [5, 5.41) is 20.4. The number of ether oxygens (including phenoxy) is 1. The van der Waals surface area contributed by atoms with Crippen LogP contribution in [0.1, 0.15) is 131 Å². The number of carbonyl (C=O) groups excluding carboxylic acids is 1. The molecular weight excluding hydrogens is 798 g/mol. The maximum absolute atomic E-state index is 11.3. The van der Waals surface area contributed by atoms with E-state index < -0.39 is 18.5 Å². The van der Waals surface area contributed by atoms with Gasteiger partial charge < -0.3 is 35.7 Å². The van der Waals surface area contributed by atoms with Crippen LogP contribution in [-0.2, 0) is 35.4 Å². The van der Waals surface area contributed by atoms with Gasteiger partial charge in [0.2, 0.25) is 0 Å². The van der Waals surface area contributed by atoms with E-state index in [-0.39, 0.29) is 62.2 Å². The Morgan fingerprint density at radius 3 is 2.27 bits per heavy atom. The Kier molecular flexibility index (Phi) is 15.9. The third-order valence-corrected chi connectivity index (χ3v) is 13.9. The second-order valence-corrected chi connectivity index (χ2v) is 17.7. The molecule has 5 aliphatic carbocycles. The van der Waals surface area contributed by atoms with E-state index in [1.165, 1.54) is 64.2 Å². The van der Waals surface area contributed by atoms with E-state index in [1.807, 2.05) is 0 Å². The molecule has 49 heavy (non-hydrogen) atoms. The van der Waals surface area contributed by atoms with E-state index in [9.17, 15) is 19.8 Å². The number of carboxylic acid groups (broad SMARTS) is 2. The smallest absolute Gasteiger partial charge is 0.357 e. The van der Waals surface area contributed by atoms with Gasteiger partial charge in [-0.2, -0.15) is 12.1 Å². The number of rotatable bonds is 13. The van der Waals surface area contributed by atoms with Crippen LogP contribution >= 0.6 is 0 Å². The van der Waals surface area contributed by atoms with Gasteiger partial charge in [0.05, 0.1) is 31.8 Å². The Bertz CT molecular complexity index is 1090. The number of fused-ring (bicyclic) bond motifs is 5. The molecule has 3 N–H and O–H groups in total. The van der Waals surface area contributed by atoms with Gasteiger partial charge in [-0.3, -0.25) is 0 Å². The van der Waals surface area contributed by atoms with Crippen LogP contribution in [0.3, 0.4) is 0 Å². The van der Waals surface area contributed by atoms with Crippen molar-refractivity contribution in [1.29, 1.82) is 0 Å². The standard InChI is InChI=1S/C34H57NO5.C6H12N2.Pt/c1-23(2)8-7-9-24(3)28-12-13-29-27-11-10-25-20-26(14-16-33(25,4)30(27)15-17-34(28,29)5)40-19-18-35(6,21-31(36)37)22-32(38)39;7-5-3-1-2-4-6(5)8;/h10,23-24,26-30H,6-9,11-22H2,1-5H3,(H,36,37)(H,38,39);5-8H,1-4H2;/q;-2;/p-1/t24-,26+,27?,28-,29?,30?,33+,34-;5-,6-;/m11./s1. The third kappa shape index (κ3) is 10.6. The molecule has 0 aromatic rings. The first-order valence-electron chi connectivity index (χ1n) is 19.4. The number of carboxylic acids is 2. The first-order valence-corrected chi connectivity index (χ1v) is 19.4. The molecule has 0 aromatic heterocycles. The molecule has 8 nitrogen and oxygen atoms in total. The molecule has 0 amide bonds. The summed E-state index contributed by atoms with van der Waals surface area (Å²) < 4.78 is 5.89. The summed E-state index contributed by atoms with van der Waals surface area (Å²) in [5.74, 6) is 2.60. The van der Waals surface area contributed by atoms with Crippen LogP contribution in [0, 0.1) is 53.4 Å². The minimum absolute atomic E-state index is 0. The van der Waals surface area contributed by atoms with Crippen LogP contribution in [0.25, 0.3) is 11.5 Å². The van der Waals surface area contributed by atoms with Gasteiger partial charge in [0, 0.05) is 21.1 Å². The molecule has 0 heterocycles. The second-order valence-electron chi connectivity index (χ2n) is 17.7. The van der Waals surface area contributed by atoms with E-state index in [1.54, 1.807) is 5.57 Å². The quantitative estimate of drug-likeness (QED) is 0.113. The summed E-state index contributed by atoms with van der Waals surface area (Å²) in [6.07, 6.45) is 20.9. The minimum atomic E-state index is -1.29. The molecule has 4 fully saturated rings. The van der Waals surface area contributed by atoms with Crippen molar-refractivity contribution in [3.05, 3.63) is 30.2 Å². The van der Waals surface area contributed by atoms with Crippen molar-refractivity contribution in [2.24, 2.45) is 46.3 Å². The van der Waals surface area contributed by atoms with Gasteiger partial charge in [-0.05, 0) is 97.7 Å². The van der Waals surface area contributed by atoms with Crippen molar-refractivity contribution in [3.8, 4) is 0 Å². The summed E-state index contributed by atoms with van der Waals surface area (Å²) in [5.41, 5.74) is 16.9. The molecule has 9 heteroatoms. The van der Waals surface area contributed by atoms with Crippen molar-refractivity contribution < 1.29 is 50.1 Å². The van der Waals surface area contributed by atoms with Crippen molar-refractivity contribution in [3.63, 3.8) is 0 Å². The van der Waals surface area contributed by atoms with Crippen LogP contribution in [0.4, 0.5) is 0 Å². The van der Waals surface area contributed by atoms with Crippen molar-refractivity contribution in [2.45, 2.75) is 149 Å². The van der Waals surface area contributed by atoms with Crippen molar-refractivity contribution in [1.82, 2.24) is 0 Å². The fourth-order valence-corrected chi connectivity index (χ4v) is 11.1. The number of nitrogens with one attached hydrogen (secondary N) is 2. The summed E-state index contributed by atoms with van der Waals surface area (Å²) >= 11 is 0. The fourth-order valence-electron chi connectivity index (χ4n) is 11.1. The summed E-state index contributed by atoms with van der Waals surface area (Å²) in [4.78, 5) is 22.4. The van der Waals surface area contributed by atoms with Crippen LogP contribution in [0.2, 0.25) is 0 Å². The third-order valence-electron chi connectivity index (χ3n) is 13.9. The second kappa shape index (κ2) is 18.3. The summed E-state index contributed by atoms with van der Waals surface area (Å²) in [6.45, 7) is 12.2. The molecule has 4 unspecified atom stereocenters. The van der Waals surface area contributed by atoms with E-state index in [4.69, 9.17) is 16.2 Å². The van der Waals surface area contributed by atoms with Gasteiger partial charge in [-0.1, -0.05) is 91.2 Å². The Labute approximate surface area is 312 Å². The monoisotopic (exact) mass is 865 g/mol. The average Bonchev–Trinajstić information content (AvgIpc) is 3.35. The van der Waals surface area contributed by atoms with E-state index in [2.05, 4.69) is 47.7 Å². The van der Waals surface area contributed by atoms with Crippen LogP contribution in [0.15, 0.2) is 11.6 Å². The minimum Gasteiger partial charge on any atom is -0.676 e. The number of allylic oxidation sites excluding steroid dienone is 1. The number of quaternary nitrogens is 1. The summed E-state index contributed by atoms with van der Waals surface area (Å²) in [7, 11) is 3.87. The zero-order valence-corrected chi connectivity index (χ0v) is 33.5. The molecule has 0 aromatic carbocycles. The van der Waals surface area contributed by atoms with Crippen LogP contribution in [-0.4, -0.2) is 66.0 Å². The Morgan fingerprint density at radius 2 is 1.67 bits per heavy atom. The molecule has 5 rings (SSSR count). The normalized spacial score (nSPS) is 37.2. The maximum Gasteiger partial charge on any atom is 0.357 e. The number of carbonyl (C=O) groups is 2. The van der Waals surface area contributed by atoms with Gasteiger partial charge in [0.15, 0.2) is 6.54 Å². The number of hydrogen-bond donors (Lipinski definition) is 1.